The Kier molecular flexibility index (Phi) is 4.01. The molecule has 1 fully saturated rings. The first-order chi connectivity index (χ1) is 9.04. The first-order valence-corrected chi connectivity index (χ1v) is 6.43. The number of pyridine rings is 1. The molecule has 1 heterocycles. The van der Waals surface area contributed by atoms with E-state index in [-0.39, 0.29) is 18.2 Å². The largest absolute Gasteiger partial charge is 0.376 e. The van der Waals surface area contributed by atoms with Crippen LogP contribution in [0.5, 0.6) is 0 Å². The number of carbonyl (C=O) groups excluding carboxylic acids is 1. The van der Waals surface area contributed by atoms with E-state index in [1.54, 1.807) is 12.3 Å². The summed E-state index contributed by atoms with van der Waals surface area (Å²) in [7, 11) is 0. The van der Waals surface area contributed by atoms with Crippen molar-refractivity contribution < 1.29 is 9.53 Å². The first kappa shape index (κ1) is 13.8. The molecule has 0 aliphatic heterocycles. The minimum Gasteiger partial charge on any atom is -0.376 e. The number of aromatic nitrogens is 1. The van der Waals surface area contributed by atoms with E-state index in [0.29, 0.717) is 18.0 Å². The number of amides is 1. The molecule has 3 unspecified atom stereocenters. The van der Waals surface area contributed by atoms with E-state index in [0.717, 1.165) is 12.0 Å². The highest BCUT2D eigenvalue weighted by molar-refractivity contribution is 5.99. The predicted octanol–water partition coefficient (Wildman–Crippen LogP) is 0.406. The van der Waals surface area contributed by atoms with Crippen LogP contribution in [0.15, 0.2) is 12.3 Å². The SMILES string of the molecule is CCOC1CC(N)C1Nc1nccc(C)c1C(N)=O. The number of carbonyl (C=O) groups is 1. The van der Waals surface area contributed by atoms with Crippen LogP contribution >= 0.6 is 0 Å². The topological polar surface area (TPSA) is 103 Å². The smallest absolute Gasteiger partial charge is 0.252 e. The van der Waals surface area contributed by atoms with E-state index in [4.69, 9.17) is 16.2 Å². The van der Waals surface area contributed by atoms with Crippen molar-refractivity contribution in [3.05, 3.63) is 23.4 Å². The van der Waals surface area contributed by atoms with Gasteiger partial charge in [0.05, 0.1) is 17.7 Å². The van der Waals surface area contributed by atoms with Gasteiger partial charge in [0.1, 0.15) is 5.82 Å². The van der Waals surface area contributed by atoms with Gasteiger partial charge in [-0.25, -0.2) is 4.98 Å². The average Bonchev–Trinajstić information content (AvgIpc) is 2.35. The highest BCUT2D eigenvalue weighted by Crippen LogP contribution is 2.27. The number of hydrogen-bond acceptors (Lipinski definition) is 5. The van der Waals surface area contributed by atoms with Gasteiger partial charge in [0, 0.05) is 18.8 Å². The third-order valence-corrected chi connectivity index (χ3v) is 3.46. The van der Waals surface area contributed by atoms with Gasteiger partial charge in [0.25, 0.3) is 5.91 Å². The summed E-state index contributed by atoms with van der Waals surface area (Å²) in [6.07, 6.45) is 2.51. The number of nitrogens with one attached hydrogen (secondary N) is 1. The number of ether oxygens (including phenoxy) is 1. The Morgan fingerprint density at radius 1 is 1.63 bits per heavy atom. The Balaban J connectivity index is 2.19. The van der Waals surface area contributed by atoms with E-state index < -0.39 is 5.91 Å². The lowest BCUT2D eigenvalue weighted by Crippen LogP contribution is -2.60. The maximum absolute atomic E-state index is 11.5. The minimum atomic E-state index is -0.492. The normalized spacial score (nSPS) is 25.7. The Hall–Kier alpha value is -1.66. The monoisotopic (exact) mass is 264 g/mol. The molecule has 19 heavy (non-hydrogen) atoms. The summed E-state index contributed by atoms with van der Waals surface area (Å²) in [5.41, 5.74) is 12.6. The molecule has 0 saturated heterocycles. The van der Waals surface area contributed by atoms with E-state index in [1.807, 2.05) is 13.8 Å². The summed E-state index contributed by atoms with van der Waals surface area (Å²) in [5, 5.41) is 3.19. The third-order valence-electron chi connectivity index (χ3n) is 3.46. The van der Waals surface area contributed by atoms with Crippen molar-refractivity contribution in [2.75, 3.05) is 11.9 Å². The van der Waals surface area contributed by atoms with Crippen LogP contribution in [0.4, 0.5) is 5.82 Å². The Labute approximate surface area is 112 Å². The van der Waals surface area contributed by atoms with Gasteiger partial charge in [-0.15, -0.1) is 0 Å². The van der Waals surface area contributed by atoms with E-state index in [1.165, 1.54) is 0 Å². The summed E-state index contributed by atoms with van der Waals surface area (Å²) < 4.78 is 5.58. The summed E-state index contributed by atoms with van der Waals surface area (Å²) in [4.78, 5) is 15.7. The minimum absolute atomic E-state index is 0.000381. The number of anilines is 1. The molecule has 1 aromatic rings. The molecule has 6 heteroatoms. The van der Waals surface area contributed by atoms with Crippen molar-refractivity contribution in [1.82, 2.24) is 4.98 Å². The fourth-order valence-electron chi connectivity index (χ4n) is 2.36. The van der Waals surface area contributed by atoms with Crippen molar-refractivity contribution in [3.8, 4) is 0 Å². The Bertz CT molecular complexity index is 476. The highest BCUT2D eigenvalue weighted by atomic mass is 16.5. The van der Waals surface area contributed by atoms with Crippen molar-refractivity contribution in [2.24, 2.45) is 11.5 Å². The molecular weight excluding hydrogens is 244 g/mol. The molecular formula is C13H20N4O2. The molecule has 1 amide bonds. The average molecular weight is 264 g/mol. The molecule has 1 aliphatic carbocycles. The maximum Gasteiger partial charge on any atom is 0.252 e. The van der Waals surface area contributed by atoms with Crippen molar-refractivity contribution in [2.45, 2.75) is 38.5 Å². The molecule has 0 aromatic carbocycles. The van der Waals surface area contributed by atoms with Gasteiger partial charge < -0.3 is 21.5 Å². The van der Waals surface area contributed by atoms with Gasteiger partial charge in [-0.05, 0) is 31.9 Å². The number of aryl methyl sites for hydroxylation is 1. The molecule has 0 bridgehead atoms. The molecule has 2 rings (SSSR count). The molecule has 1 aromatic heterocycles. The van der Waals surface area contributed by atoms with Gasteiger partial charge in [-0.1, -0.05) is 0 Å². The fraction of sp³-hybridized carbons (Fsp3) is 0.538. The standard InChI is InChI=1S/C13H20N4O2/c1-3-19-9-6-8(14)11(9)17-13-10(12(15)18)7(2)4-5-16-13/h4-5,8-9,11H,3,6,14H2,1-2H3,(H2,15,18)(H,16,17). The van der Waals surface area contributed by atoms with Gasteiger partial charge in [0.2, 0.25) is 0 Å². The number of nitrogens with zero attached hydrogens (tertiary/aromatic N) is 1. The van der Waals surface area contributed by atoms with E-state index in [9.17, 15) is 4.79 Å². The summed E-state index contributed by atoms with van der Waals surface area (Å²) in [5.74, 6) is -0.00805. The van der Waals surface area contributed by atoms with Crippen LogP contribution in [0, 0.1) is 6.92 Å². The zero-order valence-corrected chi connectivity index (χ0v) is 11.2. The Morgan fingerprint density at radius 3 is 2.95 bits per heavy atom. The van der Waals surface area contributed by atoms with Gasteiger partial charge in [-0.3, -0.25) is 4.79 Å². The van der Waals surface area contributed by atoms with Gasteiger partial charge >= 0.3 is 0 Å². The summed E-state index contributed by atoms with van der Waals surface area (Å²) in [6, 6.07) is 1.72. The van der Waals surface area contributed by atoms with Gasteiger partial charge in [0.15, 0.2) is 0 Å². The fourth-order valence-corrected chi connectivity index (χ4v) is 2.36. The Morgan fingerprint density at radius 2 is 2.37 bits per heavy atom. The van der Waals surface area contributed by atoms with Crippen molar-refractivity contribution in [1.29, 1.82) is 0 Å². The quantitative estimate of drug-likeness (QED) is 0.714. The van der Waals surface area contributed by atoms with Crippen LogP contribution < -0.4 is 16.8 Å². The first-order valence-electron chi connectivity index (χ1n) is 6.43. The number of hydrogen-bond donors (Lipinski definition) is 3. The molecule has 6 nitrogen and oxygen atoms in total. The molecule has 0 spiro atoms. The van der Waals surface area contributed by atoms with E-state index >= 15 is 0 Å². The summed E-state index contributed by atoms with van der Waals surface area (Å²) in [6.45, 7) is 4.41. The second-order valence-electron chi connectivity index (χ2n) is 4.78. The molecule has 1 saturated carbocycles. The second kappa shape index (κ2) is 5.54. The third kappa shape index (κ3) is 2.69. The number of rotatable bonds is 5. The van der Waals surface area contributed by atoms with Crippen LogP contribution in [0.25, 0.3) is 0 Å². The zero-order chi connectivity index (χ0) is 14.0. The van der Waals surface area contributed by atoms with Crippen molar-refractivity contribution >= 4 is 11.7 Å². The number of primary amides is 1. The molecule has 3 atom stereocenters. The van der Waals surface area contributed by atoms with Crippen molar-refractivity contribution in [3.63, 3.8) is 0 Å². The number of nitrogens with two attached hydrogens (primary N) is 2. The lowest BCUT2D eigenvalue weighted by molar-refractivity contribution is -0.0127. The van der Waals surface area contributed by atoms with E-state index in [2.05, 4.69) is 10.3 Å². The van der Waals surface area contributed by atoms with Crippen LogP contribution in [0.3, 0.4) is 0 Å². The van der Waals surface area contributed by atoms with Crippen LogP contribution in [-0.2, 0) is 4.74 Å². The maximum atomic E-state index is 11.5. The summed E-state index contributed by atoms with van der Waals surface area (Å²) >= 11 is 0. The molecule has 5 N–H and O–H groups in total. The zero-order valence-electron chi connectivity index (χ0n) is 11.2. The lowest BCUT2D eigenvalue weighted by Gasteiger charge is -2.42. The molecule has 1 aliphatic rings. The van der Waals surface area contributed by atoms with Crippen LogP contribution in [0.2, 0.25) is 0 Å². The highest BCUT2D eigenvalue weighted by Gasteiger charge is 2.40. The van der Waals surface area contributed by atoms with Crippen LogP contribution in [0.1, 0.15) is 29.3 Å². The van der Waals surface area contributed by atoms with Crippen LogP contribution in [-0.4, -0.2) is 35.7 Å². The molecule has 104 valence electrons. The molecule has 0 radical (unpaired) electrons. The van der Waals surface area contributed by atoms with Gasteiger partial charge in [-0.2, -0.15) is 0 Å². The second-order valence-corrected chi connectivity index (χ2v) is 4.78. The lowest BCUT2D eigenvalue weighted by atomic mass is 9.83. The predicted molar refractivity (Wildman–Crippen MR) is 72.9 cm³/mol.